The second kappa shape index (κ2) is 5.81. The molecule has 23 heavy (non-hydrogen) atoms. The van der Waals surface area contributed by atoms with Gasteiger partial charge in [-0.1, -0.05) is 12.1 Å². The molecule has 1 aromatic heterocycles. The van der Waals surface area contributed by atoms with E-state index in [4.69, 9.17) is 0 Å². The van der Waals surface area contributed by atoms with E-state index in [0.717, 1.165) is 16.9 Å². The number of benzene rings is 1. The third-order valence-electron chi connectivity index (χ3n) is 3.61. The highest BCUT2D eigenvalue weighted by Crippen LogP contribution is 2.30. The molecule has 0 saturated carbocycles. The molecule has 2 heterocycles. The first-order valence-electron chi connectivity index (χ1n) is 6.97. The van der Waals surface area contributed by atoms with Crippen LogP contribution in [0, 0.1) is 6.92 Å². The number of hydrogen-bond donors (Lipinski definition) is 1. The topological polar surface area (TPSA) is 83.6 Å². The van der Waals surface area contributed by atoms with Gasteiger partial charge in [0.2, 0.25) is 10.0 Å². The highest BCUT2D eigenvalue weighted by molar-refractivity contribution is 7.94. The normalized spacial score (nSPS) is 17.3. The lowest BCUT2D eigenvalue weighted by Crippen LogP contribution is -2.25. The molecule has 1 aliphatic rings. The first-order valence-corrected chi connectivity index (χ1v) is 10.9. The number of anilines is 2. The van der Waals surface area contributed by atoms with Crippen LogP contribution >= 0.6 is 11.3 Å². The molecule has 6 nitrogen and oxygen atoms in total. The van der Waals surface area contributed by atoms with Gasteiger partial charge in [0.25, 0.3) is 10.0 Å². The first-order chi connectivity index (χ1) is 10.8. The van der Waals surface area contributed by atoms with Gasteiger partial charge in [-0.3, -0.25) is 9.03 Å². The minimum Gasteiger partial charge on any atom is -0.279 e. The largest absolute Gasteiger partial charge is 0.279 e. The van der Waals surface area contributed by atoms with E-state index in [0.29, 0.717) is 24.3 Å². The third kappa shape index (κ3) is 3.22. The van der Waals surface area contributed by atoms with Gasteiger partial charge >= 0.3 is 0 Å². The molecule has 3 rings (SSSR count). The molecule has 1 aromatic carbocycles. The maximum Gasteiger partial charge on any atom is 0.271 e. The fraction of sp³-hybridized carbons (Fsp3) is 0.286. The lowest BCUT2D eigenvalue weighted by Gasteiger charge is -2.19. The molecule has 1 fully saturated rings. The summed E-state index contributed by atoms with van der Waals surface area (Å²) in [4.78, 5) is 0. The lowest BCUT2D eigenvalue weighted by molar-refractivity contribution is 0.599. The average molecular weight is 372 g/mol. The molecule has 0 amide bonds. The van der Waals surface area contributed by atoms with Crippen molar-refractivity contribution in [2.24, 2.45) is 0 Å². The number of aryl methyl sites for hydroxylation is 1. The van der Waals surface area contributed by atoms with Crippen LogP contribution in [0.1, 0.15) is 12.0 Å². The zero-order valence-electron chi connectivity index (χ0n) is 12.4. The van der Waals surface area contributed by atoms with E-state index in [1.165, 1.54) is 10.4 Å². The van der Waals surface area contributed by atoms with Gasteiger partial charge in [0, 0.05) is 6.54 Å². The first kappa shape index (κ1) is 16.3. The zero-order valence-corrected chi connectivity index (χ0v) is 14.8. The van der Waals surface area contributed by atoms with Crippen molar-refractivity contribution < 1.29 is 16.8 Å². The van der Waals surface area contributed by atoms with Crippen LogP contribution in [0.3, 0.4) is 0 Å². The quantitative estimate of drug-likeness (QED) is 0.893. The molecule has 124 valence electrons. The molecule has 9 heteroatoms. The molecule has 1 N–H and O–H groups in total. The average Bonchev–Trinajstić information content (AvgIpc) is 3.10. The van der Waals surface area contributed by atoms with Crippen LogP contribution in [-0.4, -0.2) is 29.1 Å². The molecule has 0 aliphatic carbocycles. The summed E-state index contributed by atoms with van der Waals surface area (Å²) in [6, 6.07) is 8.18. The standard InChI is InChI=1S/C14H16N2O4S3/c1-11-5-6-12(16-7-3-9-22(16,17)18)10-13(11)15-23(19,20)14-4-2-8-21-14/h2,4-6,8,10,15H,3,7,9H2,1H3. The Morgan fingerprint density at radius 1 is 1.26 bits per heavy atom. The number of rotatable bonds is 4. The summed E-state index contributed by atoms with van der Waals surface area (Å²) >= 11 is 1.13. The van der Waals surface area contributed by atoms with Crippen molar-refractivity contribution >= 4 is 42.8 Å². The summed E-state index contributed by atoms with van der Waals surface area (Å²) in [5.41, 5.74) is 1.60. The summed E-state index contributed by atoms with van der Waals surface area (Å²) in [5, 5.41) is 1.69. The number of nitrogens with zero attached hydrogens (tertiary/aromatic N) is 1. The second-order valence-electron chi connectivity index (χ2n) is 5.28. The zero-order chi connectivity index (χ0) is 16.7. The molecule has 0 radical (unpaired) electrons. The molecule has 0 unspecified atom stereocenters. The smallest absolute Gasteiger partial charge is 0.271 e. The van der Waals surface area contributed by atoms with Gasteiger partial charge in [-0.05, 0) is 42.5 Å². The van der Waals surface area contributed by atoms with E-state index in [9.17, 15) is 16.8 Å². The molecule has 0 atom stereocenters. The van der Waals surface area contributed by atoms with Crippen molar-refractivity contribution in [3.8, 4) is 0 Å². The predicted molar refractivity (Wildman–Crippen MR) is 92.1 cm³/mol. The van der Waals surface area contributed by atoms with Crippen LogP contribution in [0.5, 0.6) is 0 Å². The van der Waals surface area contributed by atoms with Crippen LogP contribution in [0.4, 0.5) is 11.4 Å². The van der Waals surface area contributed by atoms with Crippen LogP contribution in [0.25, 0.3) is 0 Å². The van der Waals surface area contributed by atoms with E-state index in [1.807, 2.05) is 0 Å². The Bertz CT molecular complexity index is 919. The molecular weight excluding hydrogens is 356 g/mol. The van der Waals surface area contributed by atoms with Gasteiger partial charge in [0.05, 0.1) is 17.1 Å². The number of thiophene rings is 1. The molecular formula is C14H16N2O4S3. The van der Waals surface area contributed by atoms with Gasteiger partial charge in [0.1, 0.15) is 4.21 Å². The minimum atomic E-state index is -3.66. The third-order valence-corrected chi connectivity index (χ3v) is 8.25. The van der Waals surface area contributed by atoms with Crippen LogP contribution in [0.2, 0.25) is 0 Å². The van der Waals surface area contributed by atoms with Gasteiger partial charge in [0.15, 0.2) is 0 Å². The van der Waals surface area contributed by atoms with Gasteiger partial charge in [-0.2, -0.15) is 0 Å². The van der Waals surface area contributed by atoms with E-state index < -0.39 is 20.0 Å². The van der Waals surface area contributed by atoms with E-state index in [1.54, 1.807) is 36.6 Å². The fourth-order valence-electron chi connectivity index (χ4n) is 2.42. The molecule has 0 bridgehead atoms. The Balaban J connectivity index is 1.96. The van der Waals surface area contributed by atoms with Gasteiger partial charge in [-0.25, -0.2) is 16.8 Å². The monoisotopic (exact) mass is 372 g/mol. The number of hydrogen-bond acceptors (Lipinski definition) is 5. The molecule has 2 aromatic rings. The predicted octanol–water partition coefficient (Wildman–Crippen LogP) is 2.40. The van der Waals surface area contributed by atoms with Gasteiger partial charge in [-0.15, -0.1) is 11.3 Å². The second-order valence-corrected chi connectivity index (χ2v) is 10.1. The SMILES string of the molecule is Cc1ccc(N2CCCS2(=O)=O)cc1NS(=O)(=O)c1cccs1. The summed E-state index contributed by atoms with van der Waals surface area (Å²) in [6.45, 7) is 2.19. The summed E-state index contributed by atoms with van der Waals surface area (Å²) in [5.74, 6) is 0.122. The molecule has 1 aliphatic heterocycles. The summed E-state index contributed by atoms with van der Waals surface area (Å²) < 4.78 is 52.8. The number of sulfonamides is 2. The van der Waals surface area contributed by atoms with Crippen molar-refractivity contribution in [3.63, 3.8) is 0 Å². The highest BCUT2D eigenvalue weighted by atomic mass is 32.2. The number of nitrogens with one attached hydrogen (secondary N) is 1. The molecule has 0 spiro atoms. The summed E-state index contributed by atoms with van der Waals surface area (Å²) in [7, 11) is -6.96. The van der Waals surface area contributed by atoms with E-state index in [-0.39, 0.29) is 9.96 Å². The van der Waals surface area contributed by atoms with Crippen LogP contribution < -0.4 is 9.03 Å². The maximum atomic E-state index is 12.3. The van der Waals surface area contributed by atoms with Crippen molar-refractivity contribution in [1.82, 2.24) is 0 Å². The Hall–Kier alpha value is -1.58. The van der Waals surface area contributed by atoms with Crippen molar-refractivity contribution in [2.75, 3.05) is 21.3 Å². The van der Waals surface area contributed by atoms with Crippen molar-refractivity contribution in [3.05, 3.63) is 41.3 Å². The van der Waals surface area contributed by atoms with E-state index in [2.05, 4.69) is 4.72 Å². The maximum absolute atomic E-state index is 12.3. The highest BCUT2D eigenvalue weighted by Gasteiger charge is 2.29. The fourth-order valence-corrected chi connectivity index (χ4v) is 6.09. The minimum absolute atomic E-state index is 0.122. The summed E-state index contributed by atoms with van der Waals surface area (Å²) in [6.07, 6.45) is 0.576. The van der Waals surface area contributed by atoms with E-state index >= 15 is 0 Å². The Kier molecular flexibility index (Phi) is 4.11. The Labute approximate surface area is 139 Å². The van der Waals surface area contributed by atoms with Crippen molar-refractivity contribution in [2.45, 2.75) is 17.6 Å². The lowest BCUT2D eigenvalue weighted by atomic mass is 10.2. The van der Waals surface area contributed by atoms with Gasteiger partial charge < -0.3 is 0 Å². The van der Waals surface area contributed by atoms with Crippen LogP contribution in [0.15, 0.2) is 39.9 Å². The van der Waals surface area contributed by atoms with Crippen LogP contribution in [-0.2, 0) is 20.0 Å². The molecule has 1 saturated heterocycles. The Morgan fingerprint density at radius 2 is 2.04 bits per heavy atom. The Morgan fingerprint density at radius 3 is 2.65 bits per heavy atom. The van der Waals surface area contributed by atoms with Crippen molar-refractivity contribution in [1.29, 1.82) is 0 Å².